The third-order valence-corrected chi connectivity index (χ3v) is 4.85. The molecule has 8 heteroatoms. The standard InChI is InChI=1S/C20H23ClFN3O2.ClH/c1-23(2)20(26)27-19-8-7-15(13-17(19)22)14-24-9-11-25(12-10-24)18-6-4-3-5-16(18)21;/h3-8,13H,9-12,14H2,1-2H3;1H. The van der Waals surface area contributed by atoms with Crippen LogP contribution < -0.4 is 9.64 Å². The van der Waals surface area contributed by atoms with E-state index in [9.17, 15) is 9.18 Å². The summed E-state index contributed by atoms with van der Waals surface area (Å²) in [6.07, 6.45) is -0.600. The lowest BCUT2D eigenvalue weighted by Crippen LogP contribution is -2.46. The second-order valence-electron chi connectivity index (χ2n) is 6.74. The number of anilines is 1. The van der Waals surface area contributed by atoms with Crippen LogP contribution >= 0.6 is 24.0 Å². The normalized spacial score (nSPS) is 14.4. The van der Waals surface area contributed by atoms with E-state index in [1.54, 1.807) is 20.2 Å². The lowest BCUT2D eigenvalue weighted by Gasteiger charge is -2.36. The van der Waals surface area contributed by atoms with Crippen molar-refractivity contribution in [2.75, 3.05) is 45.2 Å². The summed E-state index contributed by atoms with van der Waals surface area (Å²) < 4.78 is 19.2. The Balaban J connectivity index is 0.00000280. The van der Waals surface area contributed by atoms with Gasteiger partial charge in [-0.25, -0.2) is 9.18 Å². The Labute approximate surface area is 176 Å². The van der Waals surface area contributed by atoms with Crippen LogP contribution in [0.1, 0.15) is 5.56 Å². The number of halogens is 3. The first-order valence-corrected chi connectivity index (χ1v) is 9.21. The Kier molecular flexibility index (Phi) is 7.92. The summed E-state index contributed by atoms with van der Waals surface area (Å²) >= 11 is 6.28. The van der Waals surface area contributed by atoms with Crippen molar-refractivity contribution in [3.05, 3.63) is 58.9 Å². The molecule has 1 amide bonds. The first-order valence-electron chi connectivity index (χ1n) is 8.83. The van der Waals surface area contributed by atoms with E-state index in [0.29, 0.717) is 6.54 Å². The van der Waals surface area contributed by atoms with Crippen LogP contribution in [0.3, 0.4) is 0 Å². The average Bonchev–Trinajstić information content (AvgIpc) is 2.65. The maximum absolute atomic E-state index is 14.2. The molecule has 0 unspecified atom stereocenters. The van der Waals surface area contributed by atoms with E-state index in [4.69, 9.17) is 16.3 Å². The van der Waals surface area contributed by atoms with E-state index >= 15 is 0 Å². The van der Waals surface area contributed by atoms with E-state index in [1.165, 1.54) is 17.0 Å². The van der Waals surface area contributed by atoms with Crippen LogP contribution in [-0.2, 0) is 6.54 Å². The monoisotopic (exact) mass is 427 g/mol. The predicted octanol–water partition coefficient (Wildman–Crippen LogP) is 4.28. The minimum Gasteiger partial charge on any atom is -0.407 e. The number of piperazine rings is 1. The largest absolute Gasteiger partial charge is 0.414 e. The minimum absolute atomic E-state index is 0. The van der Waals surface area contributed by atoms with Gasteiger partial charge in [0.2, 0.25) is 0 Å². The number of carbonyl (C=O) groups excluding carboxylic acids is 1. The second kappa shape index (κ2) is 9.96. The molecular weight excluding hydrogens is 404 g/mol. The lowest BCUT2D eigenvalue weighted by molar-refractivity contribution is 0.170. The summed E-state index contributed by atoms with van der Waals surface area (Å²) in [7, 11) is 3.10. The van der Waals surface area contributed by atoms with E-state index in [1.807, 2.05) is 24.3 Å². The minimum atomic E-state index is -0.600. The van der Waals surface area contributed by atoms with Gasteiger partial charge in [-0.2, -0.15) is 0 Å². The smallest absolute Gasteiger partial charge is 0.407 e. The third kappa shape index (κ3) is 5.50. The van der Waals surface area contributed by atoms with Crippen molar-refractivity contribution in [1.29, 1.82) is 0 Å². The predicted molar refractivity (Wildman–Crippen MR) is 112 cm³/mol. The third-order valence-electron chi connectivity index (χ3n) is 4.53. The fourth-order valence-corrected chi connectivity index (χ4v) is 3.28. The summed E-state index contributed by atoms with van der Waals surface area (Å²) in [6.45, 7) is 4.11. The molecule has 0 N–H and O–H groups in total. The molecule has 1 saturated heterocycles. The van der Waals surface area contributed by atoms with Gasteiger partial charge in [-0.1, -0.05) is 29.8 Å². The summed E-state index contributed by atoms with van der Waals surface area (Å²) in [5.41, 5.74) is 1.90. The molecule has 1 heterocycles. The molecule has 1 aliphatic rings. The quantitative estimate of drug-likeness (QED) is 0.729. The Hall–Kier alpha value is -2.02. The Bertz CT molecular complexity index is 812. The van der Waals surface area contributed by atoms with Gasteiger partial charge in [0.25, 0.3) is 0 Å². The molecule has 0 aliphatic carbocycles. The first-order chi connectivity index (χ1) is 12.9. The highest BCUT2D eigenvalue weighted by molar-refractivity contribution is 6.33. The molecule has 0 saturated carbocycles. The number of ether oxygens (including phenoxy) is 1. The highest BCUT2D eigenvalue weighted by Gasteiger charge is 2.19. The SMILES string of the molecule is CN(C)C(=O)Oc1ccc(CN2CCN(c3ccccc3Cl)CC2)cc1F.Cl. The number of carbonyl (C=O) groups is 1. The van der Waals surface area contributed by atoms with Crippen LogP contribution in [0.2, 0.25) is 5.02 Å². The van der Waals surface area contributed by atoms with Crippen LogP contribution in [-0.4, -0.2) is 56.2 Å². The number of rotatable bonds is 4. The molecule has 2 aromatic carbocycles. The van der Waals surface area contributed by atoms with Gasteiger partial charge in [0.05, 0.1) is 10.7 Å². The van der Waals surface area contributed by atoms with E-state index in [0.717, 1.165) is 42.5 Å². The van der Waals surface area contributed by atoms with E-state index in [2.05, 4.69) is 9.80 Å². The summed E-state index contributed by atoms with van der Waals surface area (Å²) in [5, 5.41) is 0.760. The molecule has 5 nitrogen and oxygen atoms in total. The molecule has 0 atom stereocenters. The highest BCUT2D eigenvalue weighted by Crippen LogP contribution is 2.26. The van der Waals surface area contributed by atoms with Crippen molar-refractivity contribution in [3.63, 3.8) is 0 Å². The van der Waals surface area contributed by atoms with Crippen molar-refractivity contribution in [1.82, 2.24) is 9.80 Å². The molecule has 1 aliphatic heterocycles. The number of hydrogen-bond donors (Lipinski definition) is 0. The molecule has 0 spiro atoms. The number of amides is 1. The van der Waals surface area contributed by atoms with Gasteiger partial charge >= 0.3 is 6.09 Å². The average molecular weight is 428 g/mol. The van der Waals surface area contributed by atoms with Gasteiger partial charge in [-0.15, -0.1) is 12.4 Å². The molecule has 2 aromatic rings. The van der Waals surface area contributed by atoms with Crippen LogP contribution in [0.15, 0.2) is 42.5 Å². The van der Waals surface area contributed by atoms with Gasteiger partial charge in [0.1, 0.15) is 0 Å². The maximum Gasteiger partial charge on any atom is 0.414 e. The summed E-state index contributed by atoms with van der Waals surface area (Å²) in [4.78, 5) is 17.3. The van der Waals surface area contributed by atoms with Gasteiger partial charge in [-0.05, 0) is 29.8 Å². The van der Waals surface area contributed by atoms with Gasteiger partial charge in [0.15, 0.2) is 11.6 Å². The number of nitrogens with zero attached hydrogens (tertiary/aromatic N) is 3. The zero-order chi connectivity index (χ0) is 19.4. The zero-order valence-electron chi connectivity index (χ0n) is 15.9. The summed E-state index contributed by atoms with van der Waals surface area (Å²) in [6, 6.07) is 12.6. The van der Waals surface area contributed by atoms with Gasteiger partial charge < -0.3 is 14.5 Å². The number of benzene rings is 2. The lowest BCUT2D eigenvalue weighted by atomic mass is 10.1. The van der Waals surface area contributed by atoms with E-state index in [-0.39, 0.29) is 18.2 Å². The molecule has 0 aromatic heterocycles. The van der Waals surface area contributed by atoms with Crippen molar-refractivity contribution in [2.24, 2.45) is 0 Å². The molecule has 28 heavy (non-hydrogen) atoms. The maximum atomic E-state index is 14.2. The number of hydrogen-bond acceptors (Lipinski definition) is 4. The highest BCUT2D eigenvalue weighted by atomic mass is 35.5. The topological polar surface area (TPSA) is 36.0 Å². The van der Waals surface area contributed by atoms with Crippen LogP contribution in [0, 0.1) is 5.82 Å². The van der Waals surface area contributed by atoms with Crippen molar-refractivity contribution in [3.8, 4) is 5.75 Å². The number of para-hydroxylation sites is 1. The molecule has 1 fully saturated rings. The Morgan fingerprint density at radius 3 is 2.43 bits per heavy atom. The van der Waals surface area contributed by atoms with Gasteiger partial charge in [-0.3, -0.25) is 4.90 Å². The Morgan fingerprint density at radius 2 is 1.82 bits per heavy atom. The van der Waals surface area contributed by atoms with Crippen LogP contribution in [0.25, 0.3) is 0 Å². The van der Waals surface area contributed by atoms with Crippen molar-refractivity contribution < 1.29 is 13.9 Å². The van der Waals surface area contributed by atoms with Crippen molar-refractivity contribution in [2.45, 2.75) is 6.54 Å². The van der Waals surface area contributed by atoms with Gasteiger partial charge in [0, 0.05) is 46.8 Å². The molecule has 0 bridgehead atoms. The van der Waals surface area contributed by atoms with Crippen LogP contribution in [0.4, 0.5) is 14.9 Å². The molecular formula is C20H24Cl2FN3O2. The summed E-state index contributed by atoms with van der Waals surface area (Å²) in [5.74, 6) is -0.585. The Morgan fingerprint density at radius 1 is 1.14 bits per heavy atom. The zero-order valence-corrected chi connectivity index (χ0v) is 17.5. The molecule has 152 valence electrons. The molecule has 3 rings (SSSR count). The first kappa shape index (κ1) is 22.3. The fraction of sp³-hybridized carbons (Fsp3) is 0.350. The van der Waals surface area contributed by atoms with Crippen LogP contribution in [0.5, 0.6) is 5.75 Å². The van der Waals surface area contributed by atoms with Crippen molar-refractivity contribution >= 4 is 35.8 Å². The second-order valence-corrected chi connectivity index (χ2v) is 7.15. The molecule has 0 radical (unpaired) electrons. The van der Waals surface area contributed by atoms with E-state index < -0.39 is 11.9 Å². The fourth-order valence-electron chi connectivity index (χ4n) is 3.02.